The van der Waals surface area contributed by atoms with E-state index in [0.717, 1.165) is 0 Å². The van der Waals surface area contributed by atoms with E-state index in [1.807, 2.05) is 14.1 Å². The van der Waals surface area contributed by atoms with Gasteiger partial charge in [-0.15, -0.1) is 0 Å². The molecule has 0 aliphatic heterocycles. The largest absolute Gasteiger partial charge is 0.487 e. The van der Waals surface area contributed by atoms with Crippen LogP contribution in [0, 0.1) is 0 Å². The normalized spacial score (nSPS) is 10.8. The van der Waals surface area contributed by atoms with E-state index in [0.29, 0.717) is 49.2 Å². The summed E-state index contributed by atoms with van der Waals surface area (Å²) >= 11 is 0. The Bertz CT molecular complexity index is 589. The Labute approximate surface area is 154 Å². The van der Waals surface area contributed by atoms with Crippen LogP contribution in [-0.4, -0.2) is 78.6 Å². The molecule has 0 aliphatic rings. The average molecular weight is 368 g/mol. The number of methoxy groups -OCH3 is 2. The van der Waals surface area contributed by atoms with Crippen LogP contribution in [0.15, 0.2) is 17.1 Å². The molecule has 1 aromatic carbocycles. The molecule has 0 bridgehead atoms. The van der Waals surface area contributed by atoms with Crippen molar-refractivity contribution in [2.24, 2.45) is 4.99 Å². The molecule has 0 unspecified atom stereocenters. The molecule has 0 aromatic heterocycles. The second-order valence-electron chi connectivity index (χ2n) is 5.43. The van der Waals surface area contributed by atoms with E-state index >= 15 is 0 Å². The number of benzene rings is 1. The highest BCUT2D eigenvalue weighted by molar-refractivity contribution is 5.96. The van der Waals surface area contributed by atoms with Gasteiger partial charge in [-0.25, -0.2) is 9.79 Å². The first-order valence-corrected chi connectivity index (χ1v) is 8.32. The molecule has 0 atom stereocenters. The number of hydrogen-bond acceptors (Lipinski definition) is 7. The maximum absolute atomic E-state index is 12.3. The van der Waals surface area contributed by atoms with E-state index in [2.05, 4.69) is 4.99 Å². The van der Waals surface area contributed by atoms with Crippen molar-refractivity contribution in [3.05, 3.63) is 17.7 Å². The molecule has 0 heterocycles. The van der Waals surface area contributed by atoms with Gasteiger partial charge in [-0.3, -0.25) is 0 Å². The molecule has 0 radical (unpaired) electrons. The fraction of sp³-hybridized carbons (Fsp3) is 0.556. The van der Waals surface area contributed by atoms with Crippen molar-refractivity contribution in [1.29, 1.82) is 0 Å². The summed E-state index contributed by atoms with van der Waals surface area (Å²) in [6.07, 6.45) is 1.60. The van der Waals surface area contributed by atoms with E-state index < -0.39 is 5.97 Å². The number of hydrogen-bond donors (Lipinski definition) is 0. The third kappa shape index (κ3) is 7.28. The third-order valence-corrected chi connectivity index (χ3v) is 3.08. The van der Waals surface area contributed by atoms with Crippen molar-refractivity contribution in [3.8, 4) is 11.5 Å². The molecule has 0 amide bonds. The number of esters is 1. The number of carbonyl (C=O) groups excluding carboxylic acids is 1. The minimum atomic E-state index is -0.474. The predicted molar refractivity (Wildman–Crippen MR) is 99.0 cm³/mol. The van der Waals surface area contributed by atoms with Crippen LogP contribution in [0.3, 0.4) is 0 Å². The van der Waals surface area contributed by atoms with Gasteiger partial charge >= 0.3 is 5.97 Å². The quantitative estimate of drug-likeness (QED) is 0.242. The lowest BCUT2D eigenvalue weighted by molar-refractivity contribution is 0.0526. The molecule has 26 heavy (non-hydrogen) atoms. The second-order valence-corrected chi connectivity index (χ2v) is 5.43. The van der Waals surface area contributed by atoms with Gasteiger partial charge in [0.25, 0.3) is 0 Å². The minimum Gasteiger partial charge on any atom is -0.487 e. The molecule has 8 heteroatoms. The molecular formula is C18H28N2O6. The molecule has 0 N–H and O–H groups in total. The number of carbonyl (C=O) groups is 1. The standard InChI is InChI=1S/C18H28N2O6/c1-6-24-18(21)14-11-16(25-9-7-22-4)17(26-10-8-23-5)12-15(14)19-13-20(2)3/h11-13H,6-10H2,1-5H3/b19-13-. The molecule has 0 aliphatic carbocycles. The smallest absolute Gasteiger partial charge is 0.340 e. The van der Waals surface area contributed by atoms with Gasteiger partial charge in [0.2, 0.25) is 0 Å². The molecule has 0 spiro atoms. The van der Waals surface area contributed by atoms with Gasteiger partial charge in [-0.2, -0.15) is 0 Å². The summed E-state index contributed by atoms with van der Waals surface area (Å²) in [5.41, 5.74) is 0.736. The first-order chi connectivity index (χ1) is 12.5. The lowest BCUT2D eigenvalue weighted by Crippen LogP contribution is -2.11. The number of nitrogens with zero attached hydrogens (tertiary/aromatic N) is 2. The van der Waals surface area contributed by atoms with E-state index in [4.69, 9.17) is 23.7 Å². The monoisotopic (exact) mass is 368 g/mol. The summed E-state index contributed by atoms with van der Waals surface area (Å²) < 4.78 is 26.6. The zero-order valence-corrected chi connectivity index (χ0v) is 16.1. The Morgan fingerprint density at radius 2 is 1.62 bits per heavy atom. The Balaban J connectivity index is 3.25. The van der Waals surface area contributed by atoms with Crippen molar-refractivity contribution in [2.45, 2.75) is 6.92 Å². The van der Waals surface area contributed by atoms with E-state index in [-0.39, 0.29) is 6.61 Å². The first kappa shape index (κ1) is 21.7. The van der Waals surface area contributed by atoms with Gasteiger partial charge in [0.15, 0.2) is 11.5 Å². The van der Waals surface area contributed by atoms with Crippen LogP contribution in [0.25, 0.3) is 0 Å². The van der Waals surface area contributed by atoms with Crippen LogP contribution in [0.2, 0.25) is 0 Å². The lowest BCUT2D eigenvalue weighted by Gasteiger charge is -2.16. The predicted octanol–water partition coefficient (Wildman–Crippen LogP) is 2.14. The zero-order valence-electron chi connectivity index (χ0n) is 16.1. The Morgan fingerprint density at radius 3 is 2.12 bits per heavy atom. The topological polar surface area (TPSA) is 78.8 Å². The Hall–Kier alpha value is -2.32. The molecule has 0 saturated carbocycles. The molecule has 1 rings (SSSR count). The second kappa shape index (κ2) is 12.1. The maximum Gasteiger partial charge on any atom is 0.340 e. The molecule has 1 aromatic rings. The lowest BCUT2D eigenvalue weighted by atomic mass is 10.1. The van der Waals surface area contributed by atoms with Gasteiger partial charge < -0.3 is 28.6 Å². The fourth-order valence-corrected chi connectivity index (χ4v) is 1.90. The van der Waals surface area contributed by atoms with Crippen molar-refractivity contribution < 1.29 is 28.5 Å². The van der Waals surface area contributed by atoms with Gasteiger partial charge in [-0.05, 0) is 6.92 Å². The highest BCUT2D eigenvalue weighted by Gasteiger charge is 2.18. The minimum absolute atomic E-state index is 0.265. The molecule has 8 nitrogen and oxygen atoms in total. The average Bonchev–Trinajstić information content (AvgIpc) is 2.61. The SMILES string of the molecule is CCOC(=O)c1cc(OCCOC)c(OCCOC)cc1/N=C\N(C)C. The first-order valence-electron chi connectivity index (χ1n) is 8.32. The van der Waals surface area contributed by atoms with E-state index in [1.165, 1.54) is 0 Å². The van der Waals surface area contributed by atoms with Crippen molar-refractivity contribution in [3.63, 3.8) is 0 Å². The van der Waals surface area contributed by atoms with Crippen molar-refractivity contribution in [1.82, 2.24) is 4.90 Å². The number of aliphatic imine (C=N–C) groups is 1. The summed E-state index contributed by atoms with van der Waals surface area (Å²) in [6.45, 7) is 3.51. The molecule has 0 fully saturated rings. The molecular weight excluding hydrogens is 340 g/mol. The summed E-state index contributed by atoms with van der Waals surface area (Å²) in [5.74, 6) is 0.417. The molecule has 0 saturated heterocycles. The van der Waals surface area contributed by atoms with Crippen molar-refractivity contribution >= 4 is 18.0 Å². The Morgan fingerprint density at radius 1 is 1.04 bits per heavy atom. The summed E-state index contributed by atoms with van der Waals surface area (Å²) in [7, 11) is 6.86. The summed E-state index contributed by atoms with van der Waals surface area (Å²) in [6, 6.07) is 3.24. The van der Waals surface area contributed by atoms with Gasteiger partial charge in [-0.1, -0.05) is 0 Å². The number of rotatable bonds is 12. The summed E-state index contributed by atoms with van der Waals surface area (Å²) in [4.78, 5) is 18.4. The van der Waals surface area contributed by atoms with Crippen LogP contribution >= 0.6 is 0 Å². The zero-order chi connectivity index (χ0) is 19.4. The fourth-order valence-electron chi connectivity index (χ4n) is 1.90. The van der Waals surface area contributed by atoms with Gasteiger partial charge in [0, 0.05) is 40.4 Å². The maximum atomic E-state index is 12.3. The molecule has 146 valence electrons. The number of ether oxygens (including phenoxy) is 5. The van der Waals surface area contributed by atoms with Gasteiger partial charge in [0.05, 0.1) is 37.4 Å². The van der Waals surface area contributed by atoms with Crippen LogP contribution < -0.4 is 9.47 Å². The van der Waals surface area contributed by atoms with Crippen molar-refractivity contribution in [2.75, 3.05) is 61.3 Å². The Kier molecular flexibility index (Phi) is 10.1. The van der Waals surface area contributed by atoms with E-state index in [1.54, 1.807) is 44.5 Å². The third-order valence-electron chi connectivity index (χ3n) is 3.08. The highest BCUT2D eigenvalue weighted by atomic mass is 16.6. The van der Waals surface area contributed by atoms with Gasteiger partial charge in [0.1, 0.15) is 13.2 Å². The van der Waals surface area contributed by atoms with E-state index in [9.17, 15) is 4.79 Å². The van der Waals surface area contributed by atoms with Crippen LogP contribution in [0.1, 0.15) is 17.3 Å². The van der Waals surface area contributed by atoms with Crippen LogP contribution in [0.4, 0.5) is 5.69 Å². The highest BCUT2D eigenvalue weighted by Crippen LogP contribution is 2.35. The van der Waals surface area contributed by atoms with Crippen LogP contribution in [-0.2, 0) is 14.2 Å². The summed E-state index contributed by atoms with van der Waals surface area (Å²) in [5, 5.41) is 0. The van der Waals surface area contributed by atoms with Crippen LogP contribution in [0.5, 0.6) is 11.5 Å².